The third-order valence-electron chi connectivity index (χ3n) is 3.66. The maximum absolute atomic E-state index is 12.9. The predicted molar refractivity (Wildman–Crippen MR) is 94.1 cm³/mol. The smallest absolute Gasteiger partial charge is 0.337 e. The summed E-state index contributed by atoms with van der Waals surface area (Å²) in [5.74, 6) is -1.61. The van der Waals surface area contributed by atoms with E-state index in [1.165, 1.54) is 37.1 Å². The number of carbonyl (C=O) groups is 3. The molecule has 0 unspecified atom stereocenters. The number of benzene rings is 2. The molecule has 0 radical (unpaired) electrons. The van der Waals surface area contributed by atoms with Crippen LogP contribution in [0.2, 0.25) is 0 Å². The van der Waals surface area contributed by atoms with Gasteiger partial charge in [-0.1, -0.05) is 18.2 Å². The molecule has 0 aliphatic heterocycles. The lowest BCUT2D eigenvalue weighted by Crippen LogP contribution is -2.39. The van der Waals surface area contributed by atoms with Gasteiger partial charge in [-0.2, -0.15) is 0 Å². The van der Waals surface area contributed by atoms with Crippen LogP contribution in [0.4, 0.5) is 10.1 Å². The Bertz CT molecular complexity index is 805. The molecular formula is C19H19FN2O4. The van der Waals surface area contributed by atoms with Crippen molar-refractivity contribution in [3.8, 4) is 0 Å². The Kier molecular flexibility index (Phi) is 6.43. The zero-order valence-corrected chi connectivity index (χ0v) is 14.5. The minimum Gasteiger partial charge on any atom is -0.465 e. The molecule has 0 spiro atoms. The first-order valence-corrected chi connectivity index (χ1v) is 7.88. The van der Waals surface area contributed by atoms with Crippen LogP contribution < -0.4 is 10.2 Å². The topological polar surface area (TPSA) is 75.7 Å². The van der Waals surface area contributed by atoms with Crippen LogP contribution in [-0.2, 0) is 20.9 Å². The summed E-state index contributed by atoms with van der Waals surface area (Å²) in [5, 5.41) is 2.68. The zero-order chi connectivity index (χ0) is 19.1. The van der Waals surface area contributed by atoms with Crippen molar-refractivity contribution in [2.75, 3.05) is 18.6 Å². The molecule has 2 amide bonds. The first kappa shape index (κ1) is 19.1. The minimum absolute atomic E-state index is 0.207. The molecule has 1 N–H and O–H groups in total. The highest BCUT2D eigenvalue weighted by molar-refractivity contribution is 5.99. The maximum Gasteiger partial charge on any atom is 0.337 e. The third-order valence-corrected chi connectivity index (χ3v) is 3.66. The molecule has 0 aliphatic carbocycles. The van der Waals surface area contributed by atoms with Crippen molar-refractivity contribution in [2.45, 2.75) is 13.5 Å². The summed E-state index contributed by atoms with van der Waals surface area (Å²) < 4.78 is 17.5. The first-order valence-electron chi connectivity index (χ1n) is 7.88. The molecule has 2 aromatic carbocycles. The lowest BCUT2D eigenvalue weighted by Gasteiger charge is -2.21. The summed E-state index contributed by atoms with van der Waals surface area (Å²) in [6.45, 7) is 1.34. The fraction of sp³-hybridized carbons (Fsp3) is 0.211. The van der Waals surface area contributed by atoms with Gasteiger partial charge in [0.1, 0.15) is 12.4 Å². The number of nitrogens with zero attached hydrogens (tertiary/aromatic N) is 1. The number of hydrogen-bond acceptors (Lipinski definition) is 4. The van der Waals surface area contributed by atoms with E-state index in [0.29, 0.717) is 5.69 Å². The van der Waals surface area contributed by atoms with E-state index in [0.717, 1.165) is 5.56 Å². The van der Waals surface area contributed by atoms with Crippen molar-refractivity contribution >= 4 is 23.5 Å². The second-order valence-corrected chi connectivity index (χ2v) is 5.55. The summed E-state index contributed by atoms with van der Waals surface area (Å²) in [7, 11) is 1.26. The maximum atomic E-state index is 12.9. The zero-order valence-electron chi connectivity index (χ0n) is 14.5. The molecule has 0 aliphatic rings. The van der Waals surface area contributed by atoms with E-state index >= 15 is 0 Å². The SMILES string of the molecule is COC(=O)c1cccc(N(CC(=O)NCc2ccc(F)cc2)C(C)=O)c1. The van der Waals surface area contributed by atoms with Crippen LogP contribution in [0.15, 0.2) is 48.5 Å². The normalized spacial score (nSPS) is 10.1. The molecule has 2 aromatic rings. The van der Waals surface area contributed by atoms with Gasteiger partial charge in [-0.05, 0) is 35.9 Å². The Balaban J connectivity index is 2.05. The third kappa shape index (κ3) is 5.14. The van der Waals surface area contributed by atoms with Crippen molar-refractivity contribution in [3.63, 3.8) is 0 Å². The summed E-state index contributed by atoms with van der Waals surface area (Å²) in [6.07, 6.45) is 0. The van der Waals surface area contributed by atoms with E-state index in [4.69, 9.17) is 0 Å². The van der Waals surface area contributed by atoms with Crippen LogP contribution in [0.5, 0.6) is 0 Å². The molecule has 6 nitrogen and oxygen atoms in total. The number of halogens is 1. The Morgan fingerprint density at radius 2 is 1.81 bits per heavy atom. The van der Waals surface area contributed by atoms with Gasteiger partial charge in [0.25, 0.3) is 0 Å². The van der Waals surface area contributed by atoms with Crippen molar-refractivity contribution in [2.24, 2.45) is 0 Å². The Labute approximate surface area is 150 Å². The van der Waals surface area contributed by atoms with Gasteiger partial charge in [0.15, 0.2) is 0 Å². The molecule has 0 saturated carbocycles. The summed E-state index contributed by atoms with van der Waals surface area (Å²) in [4.78, 5) is 37.0. The number of esters is 1. The van der Waals surface area contributed by atoms with Gasteiger partial charge in [-0.15, -0.1) is 0 Å². The van der Waals surface area contributed by atoms with E-state index in [9.17, 15) is 18.8 Å². The molecule has 2 rings (SSSR count). The molecule has 0 bridgehead atoms. The summed E-state index contributed by atoms with van der Waals surface area (Å²) in [5.41, 5.74) is 1.43. The Morgan fingerprint density at radius 3 is 2.42 bits per heavy atom. The molecule has 0 fully saturated rings. The van der Waals surface area contributed by atoms with Crippen molar-refractivity contribution in [1.82, 2.24) is 5.32 Å². The minimum atomic E-state index is -0.531. The molecule has 0 atom stereocenters. The quantitative estimate of drug-likeness (QED) is 0.804. The molecule has 136 valence electrons. The lowest BCUT2D eigenvalue weighted by atomic mass is 10.2. The van der Waals surface area contributed by atoms with E-state index in [-0.39, 0.29) is 36.3 Å². The largest absolute Gasteiger partial charge is 0.465 e. The van der Waals surface area contributed by atoms with E-state index in [1.807, 2.05) is 0 Å². The number of anilines is 1. The second kappa shape index (κ2) is 8.75. The van der Waals surface area contributed by atoms with E-state index in [1.54, 1.807) is 30.3 Å². The van der Waals surface area contributed by atoms with Crippen LogP contribution in [-0.4, -0.2) is 31.4 Å². The highest BCUT2D eigenvalue weighted by atomic mass is 19.1. The number of rotatable bonds is 6. The van der Waals surface area contributed by atoms with Crippen molar-refractivity contribution < 1.29 is 23.5 Å². The molecule has 26 heavy (non-hydrogen) atoms. The molecular weight excluding hydrogens is 339 g/mol. The van der Waals surface area contributed by atoms with Gasteiger partial charge >= 0.3 is 5.97 Å². The highest BCUT2D eigenvalue weighted by Crippen LogP contribution is 2.17. The average molecular weight is 358 g/mol. The summed E-state index contributed by atoms with van der Waals surface area (Å²) in [6, 6.07) is 12.0. The standard InChI is InChI=1S/C19H19FN2O4/c1-13(23)22(17-5-3-4-15(10-17)19(25)26-2)12-18(24)21-11-14-6-8-16(20)9-7-14/h3-10H,11-12H2,1-2H3,(H,21,24). The van der Waals surface area contributed by atoms with Crippen LogP contribution in [0, 0.1) is 5.82 Å². The average Bonchev–Trinajstić information content (AvgIpc) is 2.64. The predicted octanol–water partition coefficient (Wildman–Crippen LogP) is 2.28. The van der Waals surface area contributed by atoms with Crippen molar-refractivity contribution in [3.05, 3.63) is 65.5 Å². The Morgan fingerprint density at radius 1 is 1.12 bits per heavy atom. The van der Waals surface area contributed by atoms with Crippen molar-refractivity contribution in [1.29, 1.82) is 0 Å². The van der Waals surface area contributed by atoms with Crippen LogP contribution in [0.25, 0.3) is 0 Å². The summed E-state index contributed by atoms with van der Waals surface area (Å²) >= 11 is 0. The van der Waals surface area contributed by atoms with Crippen LogP contribution in [0.3, 0.4) is 0 Å². The molecule has 0 heterocycles. The Hall–Kier alpha value is -3.22. The monoisotopic (exact) mass is 358 g/mol. The van der Waals surface area contributed by atoms with E-state index < -0.39 is 5.97 Å². The number of amides is 2. The second-order valence-electron chi connectivity index (χ2n) is 5.55. The van der Waals surface area contributed by atoms with Gasteiger partial charge in [0.05, 0.1) is 12.7 Å². The number of ether oxygens (including phenoxy) is 1. The number of methoxy groups -OCH3 is 1. The highest BCUT2D eigenvalue weighted by Gasteiger charge is 2.17. The number of nitrogens with one attached hydrogen (secondary N) is 1. The molecule has 7 heteroatoms. The lowest BCUT2D eigenvalue weighted by molar-refractivity contribution is -0.123. The fourth-order valence-electron chi connectivity index (χ4n) is 2.31. The van der Waals surface area contributed by atoms with Gasteiger partial charge in [-0.3, -0.25) is 9.59 Å². The van der Waals surface area contributed by atoms with Gasteiger partial charge < -0.3 is 15.0 Å². The first-order chi connectivity index (χ1) is 12.4. The van der Waals surface area contributed by atoms with Gasteiger partial charge in [-0.25, -0.2) is 9.18 Å². The molecule has 0 aromatic heterocycles. The number of carbonyl (C=O) groups excluding carboxylic acids is 3. The van der Waals surface area contributed by atoms with Crippen LogP contribution >= 0.6 is 0 Å². The molecule has 0 saturated heterocycles. The number of hydrogen-bond donors (Lipinski definition) is 1. The van der Waals surface area contributed by atoms with Crippen LogP contribution in [0.1, 0.15) is 22.8 Å². The van der Waals surface area contributed by atoms with Gasteiger partial charge in [0, 0.05) is 19.2 Å². The fourth-order valence-corrected chi connectivity index (χ4v) is 2.31. The van der Waals surface area contributed by atoms with E-state index in [2.05, 4.69) is 10.1 Å². The van der Waals surface area contributed by atoms with Gasteiger partial charge in [0.2, 0.25) is 11.8 Å².